The van der Waals surface area contributed by atoms with E-state index in [1.165, 1.54) is 0 Å². The SMILES string of the molecule is CCCNC(=NCC(C)Cn1cccn1)NCC.I. The Hall–Kier alpha value is -0.790. The molecule has 1 aromatic heterocycles. The molecule has 0 amide bonds. The van der Waals surface area contributed by atoms with Crippen molar-refractivity contribution in [3.05, 3.63) is 18.5 Å². The summed E-state index contributed by atoms with van der Waals surface area (Å²) in [5.74, 6) is 1.38. The van der Waals surface area contributed by atoms with Gasteiger partial charge in [0.05, 0.1) is 0 Å². The van der Waals surface area contributed by atoms with E-state index in [2.05, 4.69) is 41.5 Å². The molecule has 0 aromatic carbocycles. The maximum atomic E-state index is 4.58. The highest BCUT2D eigenvalue weighted by Crippen LogP contribution is 2.00. The normalized spacial score (nSPS) is 12.7. The van der Waals surface area contributed by atoms with Crippen LogP contribution in [0.25, 0.3) is 0 Å². The van der Waals surface area contributed by atoms with Crippen molar-refractivity contribution in [2.75, 3.05) is 19.6 Å². The summed E-state index contributed by atoms with van der Waals surface area (Å²) in [5, 5.41) is 10.8. The Labute approximate surface area is 133 Å². The summed E-state index contributed by atoms with van der Waals surface area (Å²) in [7, 11) is 0. The summed E-state index contributed by atoms with van der Waals surface area (Å²) in [6, 6.07) is 1.95. The molecular formula is C13H26IN5. The minimum absolute atomic E-state index is 0. The van der Waals surface area contributed by atoms with E-state index in [0.717, 1.165) is 38.6 Å². The molecule has 0 aliphatic heterocycles. The van der Waals surface area contributed by atoms with Crippen molar-refractivity contribution in [1.29, 1.82) is 0 Å². The first kappa shape index (κ1) is 18.2. The topological polar surface area (TPSA) is 54.2 Å². The van der Waals surface area contributed by atoms with Gasteiger partial charge in [-0.1, -0.05) is 13.8 Å². The molecule has 0 bridgehead atoms. The molecule has 5 nitrogen and oxygen atoms in total. The minimum atomic E-state index is 0. The van der Waals surface area contributed by atoms with Crippen LogP contribution in [0.15, 0.2) is 23.5 Å². The lowest BCUT2D eigenvalue weighted by atomic mass is 10.2. The summed E-state index contributed by atoms with van der Waals surface area (Å²) in [6.07, 6.45) is 4.90. The van der Waals surface area contributed by atoms with E-state index in [9.17, 15) is 0 Å². The van der Waals surface area contributed by atoms with Gasteiger partial charge in [0, 0.05) is 38.6 Å². The minimum Gasteiger partial charge on any atom is -0.357 e. The lowest BCUT2D eigenvalue weighted by Crippen LogP contribution is -2.38. The molecule has 0 saturated heterocycles. The standard InChI is InChI=1S/C13H25N5.HI/c1-4-7-15-13(14-5-2)16-10-12(3)11-18-9-6-8-17-18;/h6,8-9,12H,4-5,7,10-11H2,1-3H3,(H2,14,15,16);1H. The third kappa shape index (κ3) is 8.07. The summed E-state index contributed by atoms with van der Waals surface area (Å²) in [4.78, 5) is 4.58. The fourth-order valence-corrected chi connectivity index (χ4v) is 1.62. The van der Waals surface area contributed by atoms with Crippen LogP contribution in [0.4, 0.5) is 0 Å². The number of aromatic nitrogens is 2. The molecular weight excluding hydrogens is 353 g/mol. The van der Waals surface area contributed by atoms with E-state index in [1.807, 2.05) is 23.1 Å². The van der Waals surface area contributed by atoms with Crippen molar-refractivity contribution in [1.82, 2.24) is 20.4 Å². The zero-order chi connectivity index (χ0) is 13.2. The zero-order valence-corrected chi connectivity index (χ0v) is 14.4. The van der Waals surface area contributed by atoms with Gasteiger partial charge in [-0.3, -0.25) is 9.67 Å². The monoisotopic (exact) mass is 379 g/mol. The van der Waals surface area contributed by atoms with Gasteiger partial charge in [0.2, 0.25) is 0 Å². The smallest absolute Gasteiger partial charge is 0.191 e. The van der Waals surface area contributed by atoms with Gasteiger partial charge >= 0.3 is 0 Å². The highest BCUT2D eigenvalue weighted by atomic mass is 127. The highest BCUT2D eigenvalue weighted by Gasteiger charge is 2.03. The highest BCUT2D eigenvalue weighted by molar-refractivity contribution is 14.0. The van der Waals surface area contributed by atoms with Gasteiger partial charge in [-0.25, -0.2) is 0 Å². The third-order valence-electron chi connectivity index (χ3n) is 2.51. The molecule has 0 radical (unpaired) electrons. The number of nitrogens with zero attached hydrogens (tertiary/aromatic N) is 3. The first-order valence-electron chi connectivity index (χ1n) is 6.75. The van der Waals surface area contributed by atoms with Crippen LogP contribution in [0.1, 0.15) is 27.2 Å². The van der Waals surface area contributed by atoms with Gasteiger partial charge in [0.15, 0.2) is 5.96 Å². The average molecular weight is 379 g/mol. The molecule has 1 heterocycles. The Bertz CT molecular complexity index is 337. The molecule has 0 spiro atoms. The number of guanidine groups is 1. The summed E-state index contributed by atoms with van der Waals surface area (Å²) >= 11 is 0. The van der Waals surface area contributed by atoms with E-state index in [1.54, 1.807) is 0 Å². The Balaban J connectivity index is 0.00000324. The number of hydrogen-bond donors (Lipinski definition) is 2. The summed E-state index contributed by atoms with van der Waals surface area (Å²) < 4.78 is 1.95. The van der Waals surface area contributed by atoms with Gasteiger partial charge in [0.1, 0.15) is 0 Å². The van der Waals surface area contributed by atoms with Crippen molar-refractivity contribution >= 4 is 29.9 Å². The molecule has 2 N–H and O–H groups in total. The van der Waals surface area contributed by atoms with Crippen LogP contribution in [0, 0.1) is 5.92 Å². The van der Waals surface area contributed by atoms with Crippen molar-refractivity contribution < 1.29 is 0 Å². The molecule has 1 atom stereocenters. The van der Waals surface area contributed by atoms with Crippen LogP contribution < -0.4 is 10.6 Å². The molecule has 0 aliphatic rings. The maximum Gasteiger partial charge on any atom is 0.191 e. The van der Waals surface area contributed by atoms with Crippen molar-refractivity contribution in [2.45, 2.75) is 33.7 Å². The molecule has 6 heteroatoms. The lowest BCUT2D eigenvalue weighted by molar-refractivity contribution is 0.458. The average Bonchev–Trinajstić information content (AvgIpc) is 2.85. The Kier molecular flexibility index (Phi) is 10.6. The van der Waals surface area contributed by atoms with E-state index in [0.29, 0.717) is 5.92 Å². The summed E-state index contributed by atoms with van der Waals surface area (Å²) in [5.41, 5.74) is 0. The zero-order valence-electron chi connectivity index (χ0n) is 12.1. The fraction of sp³-hybridized carbons (Fsp3) is 0.692. The van der Waals surface area contributed by atoms with Crippen LogP contribution in [0.5, 0.6) is 0 Å². The van der Waals surface area contributed by atoms with Crippen LogP contribution in [-0.4, -0.2) is 35.4 Å². The third-order valence-corrected chi connectivity index (χ3v) is 2.51. The van der Waals surface area contributed by atoms with Crippen molar-refractivity contribution in [2.24, 2.45) is 10.9 Å². The Morgan fingerprint density at radius 1 is 1.37 bits per heavy atom. The Morgan fingerprint density at radius 3 is 2.74 bits per heavy atom. The number of nitrogens with one attached hydrogen (secondary N) is 2. The number of hydrogen-bond acceptors (Lipinski definition) is 2. The lowest BCUT2D eigenvalue weighted by Gasteiger charge is -2.13. The second-order valence-electron chi connectivity index (χ2n) is 4.48. The molecule has 0 aliphatic carbocycles. The predicted octanol–water partition coefficient (Wildman–Crippen LogP) is 2.10. The molecule has 19 heavy (non-hydrogen) atoms. The first-order chi connectivity index (χ1) is 8.76. The number of halogens is 1. The number of rotatable bonds is 7. The van der Waals surface area contributed by atoms with Gasteiger partial charge in [-0.15, -0.1) is 24.0 Å². The van der Waals surface area contributed by atoms with Crippen molar-refractivity contribution in [3.63, 3.8) is 0 Å². The molecule has 1 unspecified atom stereocenters. The number of aliphatic imine (C=N–C) groups is 1. The van der Waals surface area contributed by atoms with Gasteiger partial charge < -0.3 is 10.6 Å². The molecule has 0 saturated carbocycles. The second-order valence-corrected chi connectivity index (χ2v) is 4.48. The van der Waals surface area contributed by atoms with Crippen LogP contribution >= 0.6 is 24.0 Å². The van der Waals surface area contributed by atoms with Gasteiger partial charge in [-0.2, -0.15) is 5.10 Å². The van der Waals surface area contributed by atoms with E-state index < -0.39 is 0 Å². The van der Waals surface area contributed by atoms with Gasteiger partial charge in [0.25, 0.3) is 0 Å². The van der Waals surface area contributed by atoms with E-state index in [-0.39, 0.29) is 24.0 Å². The predicted molar refractivity (Wildman–Crippen MR) is 91.1 cm³/mol. The van der Waals surface area contributed by atoms with Gasteiger partial charge in [-0.05, 0) is 25.3 Å². The second kappa shape index (κ2) is 11.1. The fourth-order valence-electron chi connectivity index (χ4n) is 1.62. The first-order valence-corrected chi connectivity index (χ1v) is 6.75. The van der Waals surface area contributed by atoms with Crippen LogP contribution in [-0.2, 0) is 6.54 Å². The van der Waals surface area contributed by atoms with Crippen LogP contribution in [0.3, 0.4) is 0 Å². The van der Waals surface area contributed by atoms with E-state index >= 15 is 0 Å². The van der Waals surface area contributed by atoms with Crippen molar-refractivity contribution in [3.8, 4) is 0 Å². The molecule has 0 fully saturated rings. The molecule has 1 aromatic rings. The maximum absolute atomic E-state index is 4.58. The van der Waals surface area contributed by atoms with E-state index in [4.69, 9.17) is 0 Å². The quantitative estimate of drug-likeness (QED) is 0.434. The Morgan fingerprint density at radius 2 is 2.16 bits per heavy atom. The summed E-state index contributed by atoms with van der Waals surface area (Å²) in [6.45, 7) is 9.98. The van der Waals surface area contributed by atoms with Crippen LogP contribution in [0.2, 0.25) is 0 Å². The molecule has 1 rings (SSSR count). The largest absolute Gasteiger partial charge is 0.357 e. The molecule has 110 valence electrons.